The van der Waals surface area contributed by atoms with Gasteiger partial charge in [0.2, 0.25) is 0 Å². The van der Waals surface area contributed by atoms with E-state index in [9.17, 15) is 29.3 Å². The summed E-state index contributed by atoms with van der Waals surface area (Å²) < 4.78 is 16.8. The summed E-state index contributed by atoms with van der Waals surface area (Å²) in [7, 11) is 1.37. The highest BCUT2D eigenvalue weighted by Gasteiger charge is 2.17. The summed E-state index contributed by atoms with van der Waals surface area (Å²) in [4.78, 5) is 60.1. The lowest BCUT2D eigenvalue weighted by atomic mass is 10.1. The molecule has 0 unspecified atom stereocenters. The zero-order chi connectivity index (χ0) is 33.4. The quantitative estimate of drug-likeness (QED) is 0.0620. The molecule has 0 aromatic heterocycles. The number of esters is 2. The fraction of sp³-hybridized carbons (Fsp3) is 0.0645. The Labute approximate surface area is 277 Å². The van der Waals surface area contributed by atoms with Gasteiger partial charge in [0.25, 0.3) is 17.5 Å². The molecule has 4 aromatic rings. The SMILES string of the molecule is COc1cc(C(=O)Nc2cccc(C(=O)NN=Cc3cc(Br)cc(Br)c3OC(=O)c3ccc([N+](=O)[O-])cc3)c2)ccc1OC(C)=O. The molecule has 0 bridgehead atoms. The highest BCUT2D eigenvalue weighted by Crippen LogP contribution is 2.33. The van der Waals surface area contributed by atoms with Crippen LogP contribution in [0.3, 0.4) is 0 Å². The van der Waals surface area contributed by atoms with E-state index in [1.807, 2.05) is 0 Å². The minimum absolute atomic E-state index is 0.0849. The Morgan fingerprint density at radius 3 is 2.22 bits per heavy atom. The molecule has 4 aromatic carbocycles. The van der Waals surface area contributed by atoms with E-state index >= 15 is 0 Å². The molecule has 2 amide bonds. The van der Waals surface area contributed by atoms with Gasteiger partial charge >= 0.3 is 11.9 Å². The molecule has 2 N–H and O–H groups in total. The van der Waals surface area contributed by atoms with Crippen molar-refractivity contribution in [1.29, 1.82) is 0 Å². The number of carbonyl (C=O) groups is 4. The van der Waals surface area contributed by atoms with Crippen LogP contribution in [0.25, 0.3) is 0 Å². The number of nitro groups is 1. The van der Waals surface area contributed by atoms with E-state index in [2.05, 4.69) is 47.7 Å². The van der Waals surface area contributed by atoms with Crippen LogP contribution >= 0.6 is 31.9 Å². The summed E-state index contributed by atoms with van der Waals surface area (Å²) in [6.45, 7) is 1.24. The Balaban J connectivity index is 1.45. The van der Waals surface area contributed by atoms with E-state index in [0.717, 1.165) is 0 Å². The number of hydrogen-bond donors (Lipinski definition) is 2. The highest BCUT2D eigenvalue weighted by molar-refractivity contribution is 9.11. The molecule has 234 valence electrons. The molecule has 0 saturated carbocycles. The Hall–Kier alpha value is -5.41. The number of benzene rings is 4. The fourth-order valence-electron chi connectivity index (χ4n) is 3.87. The molecule has 0 heterocycles. The molecule has 13 nitrogen and oxygen atoms in total. The zero-order valence-electron chi connectivity index (χ0n) is 23.9. The zero-order valence-corrected chi connectivity index (χ0v) is 27.1. The first-order valence-electron chi connectivity index (χ1n) is 13.0. The number of hydrogen-bond acceptors (Lipinski definition) is 10. The van der Waals surface area contributed by atoms with Gasteiger partial charge < -0.3 is 19.5 Å². The minimum Gasteiger partial charge on any atom is -0.493 e. The largest absolute Gasteiger partial charge is 0.493 e. The van der Waals surface area contributed by atoms with Gasteiger partial charge in [0.15, 0.2) is 17.2 Å². The van der Waals surface area contributed by atoms with Gasteiger partial charge in [0, 0.05) is 45.9 Å². The number of carbonyl (C=O) groups excluding carboxylic acids is 4. The Morgan fingerprint density at radius 2 is 1.54 bits per heavy atom. The molecule has 0 aliphatic heterocycles. The van der Waals surface area contributed by atoms with Crippen LogP contribution in [0.1, 0.15) is 43.6 Å². The van der Waals surface area contributed by atoms with E-state index in [0.29, 0.717) is 20.2 Å². The van der Waals surface area contributed by atoms with Gasteiger partial charge in [-0.15, -0.1) is 0 Å². The molecule has 0 saturated heterocycles. The Morgan fingerprint density at radius 1 is 0.848 bits per heavy atom. The maximum atomic E-state index is 12.9. The van der Waals surface area contributed by atoms with Crippen molar-refractivity contribution < 1.29 is 38.3 Å². The molecule has 46 heavy (non-hydrogen) atoms. The maximum Gasteiger partial charge on any atom is 0.343 e. The number of rotatable bonds is 10. The number of nitro benzene ring substituents is 1. The first-order chi connectivity index (χ1) is 21.9. The van der Waals surface area contributed by atoms with Crippen molar-refractivity contribution in [2.45, 2.75) is 6.92 Å². The van der Waals surface area contributed by atoms with Crippen molar-refractivity contribution >= 4 is 73.2 Å². The molecule has 0 fully saturated rings. The topological polar surface area (TPSA) is 176 Å². The van der Waals surface area contributed by atoms with E-state index in [1.54, 1.807) is 24.3 Å². The normalized spacial score (nSPS) is 10.6. The number of halogens is 2. The highest BCUT2D eigenvalue weighted by atomic mass is 79.9. The third-order valence-electron chi connectivity index (χ3n) is 5.98. The summed E-state index contributed by atoms with van der Waals surface area (Å²) in [6.07, 6.45) is 1.27. The fourth-order valence-corrected chi connectivity index (χ4v) is 5.21. The monoisotopic (exact) mass is 752 g/mol. The summed E-state index contributed by atoms with van der Waals surface area (Å²) in [5.74, 6) is -1.96. The number of hydrazone groups is 1. The molecule has 0 radical (unpaired) electrons. The van der Waals surface area contributed by atoms with Gasteiger partial charge in [-0.3, -0.25) is 24.5 Å². The van der Waals surface area contributed by atoms with Crippen molar-refractivity contribution in [1.82, 2.24) is 5.43 Å². The average Bonchev–Trinajstić information content (AvgIpc) is 3.02. The van der Waals surface area contributed by atoms with E-state index in [-0.39, 0.29) is 39.6 Å². The molecular formula is C31H22Br2N4O9. The first-order valence-corrected chi connectivity index (χ1v) is 14.6. The molecule has 0 spiro atoms. The number of anilines is 1. The van der Waals surface area contributed by atoms with Gasteiger partial charge in [-0.2, -0.15) is 5.10 Å². The first kappa shape index (κ1) is 33.5. The van der Waals surface area contributed by atoms with E-state index in [4.69, 9.17) is 14.2 Å². The van der Waals surface area contributed by atoms with Crippen molar-refractivity contribution in [2.24, 2.45) is 5.10 Å². The second kappa shape index (κ2) is 15.0. The van der Waals surface area contributed by atoms with Crippen molar-refractivity contribution in [2.75, 3.05) is 12.4 Å². The van der Waals surface area contributed by atoms with Gasteiger partial charge in [0.05, 0.1) is 28.3 Å². The molecular weight excluding hydrogens is 732 g/mol. The maximum absolute atomic E-state index is 12.9. The molecule has 0 aliphatic rings. The van der Waals surface area contributed by atoms with Gasteiger partial charge in [0.1, 0.15) is 0 Å². The summed E-state index contributed by atoms with van der Waals surface area (Å²) >= 11 is 6.70. The lowest BCUT2D eigenvalue weighted by molar-refractivity contribution is -0.384. The van der Waals surface area contributed by atoms with E-state index in [1.165, 1.54) is 74.8 Å². The number of amides is 2. The van der Waals surface area contributed by atoms with Crippen molar-refractivity contribution in [3.8, 4) is 17.2 Å². The second-order valence-electron chi connectivity index (χ2n) is 9.19. The predicted molar refractivity (Wildman–Crippen MR) is 174 cm³/mol. The number of nitrogens with one attached hydrogen (secondary N) is 2. The number of non-ortho nitro benzene ring substituents is 1. The van der Waals surface area contributed by atoms with Crippen LogP contribution in [0.4, 0.5) is 11.4 Å². The van der Waals surface area contributed by atoms with Crippen LogP contribution in [0, 0.1) is 10.1 Å². The van der Waals surface area contributed by atoms with Crippen molar-refractivity contribution in [3.63, 3.8) is 0 Å². The molecule has 0 aliphatic carbocycles. The molecule has 0 atom stereocenters. The van der Waals surface area contributed by atoms with Crippen LogP contribution in [0.15, 0.2) is 92.9 Å². The third kappa shape index (κ3) is 8.61. The summed E-state index contributed by atoms with van der Waals surface area (Å²) in [6, 6.07) is 18.6. The van der Waals surface area contributed by atoms with Gasteiger partial charge in [-0.1, -0.05) is 22.0 Å². The molecule has 4 rings (SSSR count). The summed E-state index contributed by atoms with van der Waals surface area (Å²) in [5.41, 5.74) is 3.33. The summed E-state index contributed by atoms with van der Waals surface area (Å²) in [5, 5.41) is 17.6. The number of methoxy groups -OCH3 is 1. The molecule has 15 heteroatoms. The second-order valence-corrected chi connectivity index (χ2v) is 11.0. The van der Waals surface area contributed by atoms with Gasteiger partial charge in [-0.05, 0) is 76.6 Å². The van der Waals surface area contributed by atoms with Crippen LogP contribution in [0.2, 0.25) is 0 Å². The lowest BCUT2D eigenvalue weighted by Crippen LogP contribution is -2.18. The van der Waals surface area contributed by atoms with Crippen LogP contribution in [-0.2, 0) is 4.79 Å². The number of ether oxygens (including phenoxy) is 3. The van der Waals surface area contributed by atoms with Crippen LogP contribution in [-0.4, -0.2) is 42.0 Å². The third-order valence-corrected chi connectivity index (χ3v) is 7.02. The standard InChI is InChI=1S/C31H22Br2N4O9/c1-17(38)45-26-11-8-20(14-27(26)44-2)29(39)35-23-5-3-4-19(13-23)30(40)36-34-16-21-12-22(32)15-25(33)28(21)46-31(41)18-6-9-24(10-7-18)37(42)43/h3-16H,1-2H3,(H,35,39)(H,36,40). The predicted octanol–water partition coefficient (Wildman–Crippen LogP) is 6.29. The van der Waals surface area contributed by atoms with E-state index < -0.39 is 28.7 Å². The van der Waals surface area contributed by atoms with Crippen molar-refractivity contribution in [3.05, 3.63) is 120 Å². The van der Waals surface area contributed by atoms with Crippen LogP contribution < -0.4 is 25.0 Å². The van der Waals surface area contributed by atoms with Gasteiger partial charge in [-0.25, -0.2) is 10.2 Å². The minimum atomic E-state index is -0.769. The van der Waals surface area contributed by atoms with Crippen LogP contribution in [0.5, 0.6) is 17.2 Å². The lowest BCUT2D eigenvalue weighted by Gasteiger charge is -2.11. The smallest absolute Gasteiger partial charge is 0.343 e. The Bertz CT molecular complexity index is 1880. The number of nitrogens with zero attached hydrogens (tertiary/aromatic N) is 2. The Kier molecular flexibility index (Phi) is 11.0. The average molecular weight is 754 g/mol.